The molecule has 0 aliphatic carbocycles. The highest BCUT2D eigenvalue weighted by molar-refractivity contribution is 5.84. The first-order chi connectivity index (χ1) is 14.8. The second-order valence-corrected chi connectivity index (χ2v) is 10.0. The van der Waals surface area contributed by atoms with Crippen LogP contribution in [0.1, 0.15) is 46.5 Å². The number of hydrogen-bond donors (Lipinski definition) is 2. The number of nitrogens with one attached hydrogen (secondary N) is 1. The van der Waals surface area contributed by atoms with E-state index in [-0.39, 0.29) is 56.8 Å². The molecular weight excluding hydrogens is 450 g/mol. The van der Waals surface area contributed by atoms with E-state index in [1.54, 1.807) is 20.9 Å². The summed E-state index contributed by atoms with van der Waals surface area (Å²) in [5.41, 5.74) is -0.852. The van der Waals surface area contributed by atoms with Crippen LogP contribution in [0.4, 0.5) is 0 Å². The van der Waals surface area contributed by atoms with Crippen LogP contribution in [0.15, 0.2) is 0 Å². The highest BCUT2D eigenvalue weighted by Gasteiger charge is 2.37. The van der Waals surface area contributed by atoms with Crippen molar-refractivity contribution in [3.05, 3.63) is 0 Å². The van der Waals surface area contributed by atoms with E-state index in [1.807, 2.05) is 6.92 Å². The van der Waals surface area contributed by atoms with E-state index < -0.39 is 23.2 Å². The molecule has 0 aliphatic rings. The Balaban J connectivity index is 0. The minimum absolute atomic E-state index is 0. The molecule has 0 aliphatic heterocycles. The van der Waals surface area contributed by atoms with Gasteiger partial charge in [-0.25, -0.2) is 0 Å². The van der Waals surface area contributed by atoms with E-state index in [1.165, 1.54) is 4.90 Å². The monoisotopic (exact) mass is 493 g/mol. The Morgan fingerprint density at radius 2 is 1.79 bits per heavy atom. The van der Waals surface area contributed by atoms with Gasteiger partial charge in [-0.05, 0) is 19.3 Å². The number of ether oxygens (including phenoxy) is 1. The predicted molar refractivity (Wildman–Crippen MR) is 123 cm³/mol. The molecule has 194 valence electrons. The lowest BCUT2D eigenvalue weighted by molar-refractivity contribution is -0.870. The fraction of sp³-hybridized carbons (Fsp3) is 0.826. The number of aliphatic hydroxyl groups excluding tert-OH is 1. The van der Waals surface area contributed by atoms with E-state index in [9.17, 15) is 19.2 Å². The van der Waals surface area contributed by atoms with Crippen LogP contribution in [0.5, 0.6) is 0 Å². The van der Waals surface area contributed by atoms with Crippen molar-refractivity contribution < 1.29 is 45.9 Å². The largest absolute Gasteiger partial charge is 1.00 e. The minimum atomic E-state index is -0.852. The van der Waals surface area contributed by atoms with Crippen molar-refractivity contribution in [1.29, 1.82) is 0 Å². The summed E-state index contributed by atoms with van der Waals surface area (Å²) in [7, 11) is 7.82. The number of hydrogen-bond acceptors (Lipinski definition) is 6. The first-order valence-electron chi connectivity index (χ1n) is 11.3. The molecule has 0 saturated heterocycles. The van der Waals surface area contributed by atoms with Crippen molar-refractivity contribution in [3.63, 3.8) is 0 Å². The molecule has 0 bridgehead atoms. The summed E-state index contributed by atoms with van der Waals surface area (Å²) in [6.07, 6.45) is 2.40. The Hall–Kier alpha value is -1.71. The zero-order chi connectivity index (χ0) is 24.9. The number of rotatable bonds is 16. The quantitative estimate of drug-likeness (QED) is 0.110. The molecule has 0 spiro atoms. The number of amides is 2. The maximum absolute atomic E-state index is 12.8. The van der Waals surface area contributed by atoms with E-state index in [2.05, 4.69) is 26.5 Å². The lowest BCUT2D eigenvalue weighted by Crippen LogP contribution is -3.00. The van der Waals surface area contributed by atoms with Crippen molar-refractivity contribution in [2.75, 3.05) is 61.0 Å². The van der Waals surface area contributed by atoms with Gasteiger partial charge in [-0.15, -0.1) is 0 Å². The van der Waals surface area contributed by atoms with Gasteiger partial charge in [0.1, 0.15) is 12.9 Å². The van der Waals surface area contributed by atoms with E-state index in [0.717, 1.165) is 17.4 Å². The zero-order valence-electron chi connectivity index (χ0n) is 21.4. The summed E-state index contributed by atoms with van der Waals surface area (Å²) in [6.45, 7) is 6.41. The third kappa shape index (κ3) is 13.6. The van der Waals surface area contributed by atoms with Gasteiger partial charge in [-0.2, -0.15) is 0 Å². The number of nitrogens with zero attached hydrogens (tertiary/aromatic N) is 2. The van der Waals surface area contributed by atoms with Crippen LogP contribution in [0.2, 0.25) is 0 Å². The van der Waals surface area contributed by atoms with Gasteiger partial charge in [0.25, 0.3) is 0 Å². The lowest BCUT2D eigenvalue weighted by atomic mass is 9.78. The van der Waals surface area contributed by atoms with Gasteiger partial charge in [0, 0.05) is 31.3 Å². The van der Waals surface area contributed by atoms with E-state index >= 15 is 0 Å². The molecule has 33 heavy (non-hydrogen) atoms. The molecular formula is C23H44ClN3O6. The molecule has 0 radical (unpaired) electrons. The summed E-state index contributed by atoms with van der Waals surface area (Å²) in [5, 5.41) is 12.0. The topological polar surface area (TPSA) is 113 Å². The second kappa shape index (κ2) is 16.0. The van der Waals surface area contributed by atoms with Crippen LogP contribution < -0.4 is 17.7 Å². The maximum Gasteiger partial charge on any atom is 0.309 e. The summed E-state index contributed by atoms with van der Waals surface area (Å²) in [5.74, 6) is -2.07. The highest BCUT2D eigenvalue weighted by atomic mass is 35.5. The van der Waals surface area contributed by atoms with Crippen molar-refractivity contribution in [1.82, 2.24) is 10.2 Å². The summed E-state index contributed by atoms with van der Waals surface area (Å²) in [6, 6.07) is 0. The van der Waals surface area contributed by atoms with Crippen LogP contribution in [0, 0.1) is 17.3 Å². The number of likely N-dealkylation sites (N-methyl/N-ethyl adjacent to an activating group) is 1. The van der Waals surface area contributed by atoms with Crippen molar-refractivity contribution in [2.24, 2.45) is 17.3 Å². The molecule has 2 amide bonds. The fourth-order valence-electron chi connectivity index (χ4n) is 3.53. The SMILES string of the molecule is CCC(CC(CC(C)(C)C(=O)NCCC[N+](C)(C)C)C(=O)OCCO)C(=O)N(C)CC=O.[Cl-]. The number of quaternary nitrogens is 1. The molecule has 0 aromatic rings. The first-order valence-corrected chi connectivity index (χ1v) is 11.3. The van der Waals surface area contributed by atoms with Gasteiger partial charge in [0.2, 0.25) is 11.8 Å². The van der Waals surface area contributed by atoms with Gasteiger partial charge in [-0.1, -0.05) is 20.8 Å². The van der Waals surface area contributed by atoms with Crippen molar-refractivity contribution >= 4 is 24.1 Å². The molecule has 2 atom stereocenters. The zero-order valence-corrected chi connectivity index (χ0v) is 22.1. The first kappa shape index (κ1) is 33.5. The predicted octanol–water partition coefficient (Wildman–Crippen LogP) is -2.16. The number of aliphatic hydroxyl groups is 1. The molecule has 0 rings (SSSR count). The third-order valence-corrected chi connectivity index (χ3v) is 5.47. The third-order valence-electron chi connectivity index (χ3n) is 5.47. The highest BCUT2D eigenvalue weighted by Crippen LogP contribution is 2.32. The van der Waals surface area contributed by atoms with Gasteiger partial charge in [0.15, 0.2) is 0 Å². The molecule has 2 unspecified atom stereocenters. The Labute approximate surface area is 205 Å². The second-order valence-electron chi connectivity index (χ2n) is 10.0. The van der Waals surface area contributed by atoms with Crippen molar-refractivity contribution in [3.8, 4) is 0 Å². The van der Waals surface area contributed by atoms with E-state index in [4.69, 9.17) is 9.84 Å². The number of carbonyl (C=O) groups excluding carboxylic acids is 4. The number of aldehydes is 1. The normalized spacial score (nSPS) is 13.3. The minimum Gasteiger partial charge on any atom is -1.00 e. The van der Waals surface area contributed by atoms with Gasteiger partial charge >= 0.3 is 5.97 Å². The summed E-state index contributed by atoms with van der Waals surface area (Å²) >= 11 is 0. The molecule has 0 aromatic heterocycles. The average Bonchev–Trinajstić information content (AvgIpc) is 2.70. The Morgan fingerprint density at radius 1 is 1.18 bits per heavy atom. The smallest absolute Gasteiger partial charge is 0.309 e. The van der Waals surface area contributed by atoms with Crippen LogP contribution in [0.25, 0.3) is 0 Å². The molecule has 10 heteroatoms. The number of carbonyl (C=O) groups is 4. The average molecular weight is 494 g/mol. The molecule has 0 fully saturated rings. The van der Waals surface area contributed by atoms with Crippen LogP contribution in [0.3, 0.4) is 0 Å². The van der Waals surface area contributed by atoms with Crippen LogP contribution in [-0.4, -0.2) is 99.6 Å². The summed E-state index contributed by atoms with van der Waals surface area (Å²) < 4.78 is 5.95. The Kier molecular flexibility index (Phi) is 16.2. The lowest BCUT2D eigenvalue weighted by Gasteiger charge is -2.30. The fourth-order valence-corrected chi connectivity index (χ4v) is 3.53. The number of halogens is 1. The molecule has 0 heterocycles. The van der Waals surface area contributed by atoms with Gasteiger partial charge in [0.05, 0.1) is 46.8 Å². The molecule has 2 N–H and O–H groups in total. The Bertz CT molecular complexity index is 622. The maximum atomic E-state index is 12.8. The van der Waals surface area contributed by atoms with E-state index in [0.29, 0.717) is 19.3 Å². The molecule has 9 nitrogen and oxygen atoms in total. The summed E-state index contributed by atoms with van der Waals surface area (Å²) in [4.78, 5) is 50.3. The van der Waals surface area contributed by atoms with Crippen molar-refractivity contribution in [2.45, 2.75) is 46.5 Å². The number of esters is 1. The van der Waals surface area contributed by atoms with Gasteiger partial charge < -0.3 is 41.7 Å². The molecule has 0 saturated carbocycles. The van der Waals surface area contributed by atoms with Crippen LogP contribution >= 0.6 is 0 Å². The van der Waals surface area contributed by atoms with Crippen LogP contribution in [-0.2, 0) is 23.9 Å². The Morgan fingerprint density at radius 3 is 2.27 bits per heavy atom. The standard InChI is InChI=1S/C23H43N3O6.ClH/c1-8-18(20(29)25(4)11-13-27)16-19(21(30)32-15-14-28)17-23(2,3)22(31)24-10-9-12-26(5,6)7;/h13,18-19,28H,8-12,14-17H2,1-7H3;1H. The molecule has 0 aromatic carbocycles. The van der Waals surface area contributed by atoms with Gasteiger partial charge in [-0.3, -0.25) is 14.4 Å².